The Labute approximate surface area is 130 Å². The highest BCUT2D eigenvalue weighted by molar-refractivity contribution is 7.08. The minimum Gasteiger partial charge on any atom is -0.310 e. The summed E-state index contributed by atoms with van der Waals surface area (Å²) in [4.78, 5) is 20.6. The lowest BCUT2D eigenvalue weighted by Crippen LogP contribution is -2.25. The summed E-state index contributed by atoms with van der Waals surface area (Å²) >= 11 is 1.63. The van der Waals surface area contributed by atoms with Crippen molar-refractivity contribution in [1.29, 1.82) is 0 Å². The van der Waals surface area contributed by atoms with Gasteiger partial charge in [-0.15, -0.1) is 0 Å². The number of aromatic nitrogens is 4. The molecule has 1 aliphatic heterocycles. The van der Waals surface area contributed by atoms with Gasteiger partial charge in [0, 0.05) is 30.3 Å². The lowest BCUT2D eigenvalue weighted by Gasteiger charge is -2.23. The molecule has 0 saturated heterocycles. The number of carbonyl (C=O) groups excluding carboxylic acids is 1. The number of aryl methyl sites for hydroxylation is 1. The summed E-state index contributed by atoms with van der Waals surface area (Å²) in [5.41, 5.74) is 3.09. The average Bonchev–Trinajstić information content (AvgIpc) is 3.16. The Morgan fingerprint density at radius 2 is 2.18 bits per heavy atom. The Bertz CT molecular complexity index is 825. The molecule has 0 bridgehead atoms. The molecule has 22 heavy (non-hydrogen) atoms. The quantitative estimate of drug-likeness (QED) is 0.789. The molecule has 0 fully saturated rings. The normalized spacial score (nSPS) is 17.1. The van der Waals surface area contributed by atoms with Crippen LogP contribution in [0.2, 0.25) is 0 Å². The third-order valence-corrected chi connectivity index (χ3v) is 4.49. The molecule has 0 aromatic carbocycles. The Hall–Kier alpha value is -2.54. The Kier molecular flexibility index (Phi) is 3.00. The summed E-state index contributed by atoms with van der Waals surface area (Å²) in [7, 11) is 0. The number of thiophene rings is 1. The van der Waals surface area contributed by atoms with E-state index in [9.17, 15) is 4.79 Å². The van der Waals surface area contributed by atoms with Crippen molar-refractivity contribution in [3.05, 3.63) is 52.1 Å². The highest BCUT2D eigenvalue weighted by Gasteiger charge is 2.33. The summed E-state index contributed by atoms with van der Waals surface area (Å²) in [5, 5.41) is 11.6. The molecule has 0 saturated carbocycles. The number of carbonyl (C=O) groups is 1. The van der Waals surface area contributed by atoms with Crippen molar-refractivity contribution in [2.45, 2.75) is 19.3 Å². The van der Waals surface area contributed by atoms with Gasteiger partial charge >= 0.3 is 0 Å². The number of amides is 1. The second kappa shape index (κ2) is 5.03. The van der Waals surface area contributed by atoms with Gasteiger partial charge in [-0.05, 0) is 35.4 Å². The molecule has 1 amide bonds. The number of nitrogens with zero attached hydrogens (tertiary/aromatic N) is 4. The maximum atomic E-state index is 12.1. The second-order valence-electron chi connectivity index (χ2n) is 5.17. The van der Waals surface area contributed by atoms with Crippen LogP contribution in [0.25, 0.3) is 5.95 Å². The minimum absolute atomic E-state index is 0.0132. The molecule has 1 N–H and O–H groups in total. The van der Waals surface area contributed by atoms with E-state index in [1.807, 2.05) is 12.3 Å². The van der Waals surface area contributed by atoms with Gasteiger partial charge in [0.15, 0.2) is 0 Å². The van der Waals surface area contributed by atoms with Gasteiger partial charge in [0.25, 0.3) is 5.95 Å². The van der Waals surface area contributed by atoms with Gasteiger partial charge in [-0.1, -0.05) is 0 Å². The monoisotopic (exact) mass is 311 g/mol. The van der Waals surface area contributed by atoms with Crippen LogP contribution in [0.1, 0.15) is 29.2 Å². The summed E-state index contributed by atoms with van der Waals surface area (Å²) in [6, 6.07) is 3.81. The zero-order valence-corrected chi connectivity index (χ0v) is 12.7. The molecule has 3 aromatic heterocycles. The zero-order chi connectivity index (χ0) is 15.1. The fourth-order valence-corrected chi connectivity index (χ4v) is 3.56. The van der Waals surface area contributed by atoms with Crippen LogP contribution in [0.4, 0.5) is 5.82 Å². The predicted molar refractivity (Wildman–Crippen MR) is 83.3 cm³/mol. The highest BCUT2D eigenvalue weighted by Crippen LogP contribution is 2.40. The summed E-state index contributed by atoms with van der Waals surface area (Å²) < 4.78 is 1.61. The number of hydrogen-bond donors (Lipinski definition) is 1. The molecule has 110 valence electrons. The SMILES string of the molecule is Cc1nn(-c2ncccn2)c2c1[C@H](c1ccsc1)CC(=O)N2. The summed E-state index contributed by atoms with van der Waals surface area (Å²) in [6.45, 7) is 1.95. The van der Waals surface area contributed by atoms with E-state index < -0.39 is 0 Å². The maximum Gasteiger partial charge on any atom is 0.252 e. The standard InChI is InChI=1S/C15H13N5OS/c1-9-13-11(10-3-6-22-8-10)7-12(21)18-14(13)20(19-9)15-16-4-2-5-17-15/h2-6,8,11H,7H2,1H3,(H,18,21)/t11-/m0/s1. The molecule has 0 spiro atoms. The molecule has 0 aliphatic carbocycles. The van der Waals surface area contributed by atoms with E-state index in [0.717, 1.165) is 16.8 Å². The molecule has 7 heteroatoms. The summed E-state index contributed by atoms with van der Waals surface area (Å²) in [6.07, 6.45) is 3.76. The molecule has 1 aliphatic rings. The van der Waals surface area contributed by atoms with Crippen LogP contribution in [0, 0.1) is 6.92 Å². The second-order valence-corrected chi connectivity index (χ2v) is 5.95. The van der Waals surface area contributed by atoms with E-state index in [-0.39, 0.29) is 11.8 Å². The molecule has 4 heterocycles. The lowest BCUT2D eigenvalue weighted by molar-refractivity contribution is -0.116. The van der Waals surface area contributed by atoms with Crippen LogP contribution in [0.5, 0.6) is 0 Å². The van der Waals surface area contributed by atoms with Gasteiger partial charge in [0.2, 0.25) is 5.91 Å². The highest BCUT2D eigenvalue weighted by atomic mass is 32.1. The molecular formula is C15H13N5OS. The number of nitrogens with one attached hydrogen (secondary N) is 1. The third-order valence-electron chi connectivity index (χ3n) is 3.79. The first-order valence-electron chi connectivity index (χ1n) is 6.93. The van der Waals surface area contributed by atoms with E-state index in [1.54, 1.807) is 34.5 Å². The maximum absolute atomic E-state index is 12.1. The van der Waals surface area contributed by atoms with Gasteiger partial charge in [0.1, 0.15) is 5.82 Å². The molecule has 4 rings (SSSR count). The largest absolute Gasteiger partial charge is 0.310 e. The fourth-order valence-electron chi connectivity index (χ4n) is 2.85. The zero-order valence-electron chi connectivity index (χ0n) is 11.9. The molecule has 1 atom stereocenters. The van der Waals surface area contributed by atoms with Gasteiger partial charge < -0.3 is 5.32 Å². The van der Waals surface area contributed by atoms with Crippen molar-refractivity contribution in [3.63, 3.8) is 0 Å². The van der Waals surface area contributed by atoms with Crippen LogP contribution >= 0.6 is 11.3 Å². The topological polar surface area (TPSA) is 72.7 Å². The Balaban J connectivity index is 1.90. The van der Waals surface area contributed by atoms with Crippen molar-refractivity contribution in [2.24, 2.45) is 0 Å². The van der Waals surface area contributed by atoms with Crippen molar-refractivity contribution >= 4 is 23.1 Å². The number of fused-ring (bicyclic) bond motifs is 1. The molecule has 0 unspecified atom stereocenters. The van der Waals surface area contributed by atoms with E-state index in [0.29, 0.717) is 18.2 Å². The van der Waals surface area contributed by atoms with Gasteiger partial charge in [-0.2, -0.15) is 21.1 Å². The Morgan fingerprint density at radius 1 is 1.36 bits per heavy atom. The van der Waals surface area contributed by atoms with Crippen LogP contribution in [-0.4, -0.2) is 25.7 Å². The first kappa shape index (κ1) is 13.1. The van der Waals surface area contributed by atoms with Gasteiger partial charge in [0.05, 0.1) is 5.69 Å². The van der Waals surface area contributed by atoms with Gasteiger partial charge in [-0.25, -0.2) is 9.97 Å². The van der Waals surface area contributed by atoms with Gasteiger partial charge in [-0.3, -0.25) is 4.79 Å². The van der Waals surface area contributed by atoms with E-state index in [4.69, 9.17) is 0 Å². The smallest absolute Gasteiger partial charge is 0.252 e. The fraction of sp³-hybridized carbons (Fsp3) is 0.200. The molecule has 6 nitrogen and oxygen atoms in total. The summed E-state index contributed by atoms with van der Waals surface area (Å²) in [5.74, 6) is 1.16. The number of anilines is 1. The molecule has 0 radical (unpaired) electrons. The van der Waals surface area contributed by atoms with Crippen molar-refractivity contribution < 1.29 is 4.79 Å². The first-order chi connectivity index (χ1) is 10.7. The van der Waals surface area contributed by atoms with Crippen molar-refractivity contribution in [1.82, 2.24) is 19.7 Å². The predicted octanol–water partition coefficient (Wildman–Crippen LogP) is 2.51. The first-order valence-corrected chi connectivity index (χ1v) is 7.87. The number of hydrogen-bond acceptors (Lipinski definition) is 5. The van der Waals surface area contributed by atoms with E-state index >= 15 is 0 Å². The molecular weight excluding hydrogens is 298 g/mol. The van der Waals surface area contributed by atoms with Crippen LogP contribution in [-0.2, 0) is 4.79 Å². The van der Waals surface area contributed by atoms with Crippen molar-refractivity contribution in [3.8, 4) is 5.95 Å². The van der Waals surface area contributed by atoms with Crippen molar-refractivity contribution in [2.75, 3.05) is 5.32 Å². The van der Waals surface area contributed by atoms with E-state index in [2.05, 4.69) is 31.8 Å². The third kappa shape index (κ3) is 2.01. The van der Waals surface area contributed by atoms with Crippen LogP contribution in [0.15, 0.2) is 35.3 Å². The van der Waals surface area contributed by atoms with Crippen LogP contribution < -0.4 is 5.32 Å². The lowest BCUT2D eigenvalue weighted by atomic mass is 9.87. The minimum atomic E-state index is -0.0132. The van der Waals surface area contributed by atoms with Crippen LogP contribution in [0.3, 0.4) is 0 Å². The Morgan fingerprint density at radius 3 is 2.91 bits per heavy atom. The molecule has 3 aromatic rings. The average molecular weight is 311 g/mol. The van der Waals surface area contributed by atoms with E-state index in [1.165, 1.54) is 0 Å². The number of rotatable bonds is 2.